The molecule has 1 fully saturated rings. The Morgan fingerprint density at radius 3 is 2.75 bits per heavy atom. The van der Waals surface area contributed by atoms with Crippen molar-refractivity contribution >= 4 is 16.7 Å². The molecule has 4 heteroatoms. The van der Waals surface area contributed by atoms with Crippen LogP contribution in [0.25, 0.3) is 22.2 Å². The summed E-state index contributed by atoms with van der Waals surface area (Å²) in [7, 11) is 0. The van der Waals surface area contributed by atoms with Crippen molar-refractivity contribution in [2.24, 2.45) is 0 Å². The van der Waals surface area contributed by atoms with Gasteiger partial charge in [0.05, 0.1) is 0 Å². The molecule has 100 valence electrons. The minimum absolute atomic E-state index is 0.984. The van der Waals surface area contributed by atoms with Gasteiger partial charge in [-0.3, -0.25) is 4.98 Å². The molecule has 1 N–H and O–H groups in total. The summed E-state index contributed by atoms with van der Waals surface area (Å²) in [5, 5.41) is 1.21. The number of nitrogens with one attached hydrogen (secondary N) is 1. The van der Waals surface area contributed by atoms with E-state index in [1.807, 2.05) is 6.20 Å². The van der Waals surface area contributed by atoms with Crippen LogP contribution in [0, 0.1) is 0 Å². The van der Waals surface area contributed by atoms with E-state index < -0.39 is 0 Å². The highest BCUT2D eigenvalue weighted by Gasteiger charge is 2.18. The Bertz CT molecular complexity index is 741. The second kappa shape index (κ2) is 4.63. The van der Waals surface area contributed by atoms with Crippen molar-refractivity contribution in [1.29, 1.82) is 0 Å². The molecule has 1 saturated heterocycles. The van der Waals surface area contributed by atoms with Gasteiger partial charge in [0, 0.05) is 48.1 Å². The fourth-order valence-corrected chi connectivity index (χ4v) is 2.90. The number of rotatable bonds is 2. The number of H-pyrrole nitrogens is 1. The molecule has 0 bridgehead atoms. The Labute approximate surface area is 117 Å². The molecular weight excluding hydrogens is 248 g/mol. The van der Waals surface area contributed by atoms with Gasteiger partial charge in [-0.1, -0.05) is 6.07 Å². The predicted molar refractivity (Wildman–Crippen MR) is 80.8 cm³/mol. The second-order valence-electron chi connectivity index (χ2n) is 5.20. The van der Waals surface area contributed by atoms with Crippen molar-refractivity contribution in [3.8, 4) is 11.3 Å². The number of benzene rings is 1. The summed E-state index contributed by atoms with van der Waals surface area (Å²) in [6.07, 6.45) is 8.01. The maximum absolute atomic E-state index is 4.57. The van der Waals surface area contributed by atoms with Crippen LogP contribution in [0.5, 0.6) is 0 Å². The fourth-order valence-electron chi connectivity index (χ4n) is 2.90. The van der Waals surface area contributed by atoms with Gasteiger partial charge in [-0.15, -0.1) is 0 Å². The topological polar surface area (TPSA) is 44.8 Å². The second-order valence-corrected chi connectivity index (χ2v) is 5.20. The van der Waals surface area contributed by atoms with Gasteiger partial charge in [0.15, 0.2) is 5.82 Å². The van der Waals surface area contributed by atoms with Gasteiger partial charge >= 0.3 is 0 Å². The van der Waals surface area contributed by atoms with Crippen LogP contribution < -0.4 is 4.90 Å². The third kappa shape index (κ3) is 1.84. The Kier molecular flexibility index (Phi) is 2.66. The van der Waals surface area contributed by atoms with Gasteiger partial charge in [0.1, 0.15) is 5.69 Å². The van der Waals surface area contributed by atoms with Gasteiger partial charge in [-0.2, -0.15) is 0 Å². The molecule has 2 aromatic heterocycles. The van der Waals surface area contributed by atoms with E-state index in [4.69, 9.17) is 0 Å². The number of hydrogen-bond acceptors (Lipinski definition) is 3. The van der Waals surface area contributed by atoms with Crippen LogP contribution in [-0.2, 0) is 0 Å². The maximum atomic E-state index is 4.57. The monoisotopic (exact) mass is 264 g/mol. The van der Waals surface area contributed by atoms with Crippen molar-refractivity contribution in [2.75, 3.05) is 18.0 Å². The number of hydrogen-bond donors (Lipinski definition) is 1. The van der Waals surface area contributed by atoms with Gasteiger partial charge in [-0.05, 0) is 31.0 Å². The standard InChI is InChI=1S/C16H16N4/c1-2-10-20(9-1)16-15(18-7-8-19-16)13-3-4-14-12(11-13)5-6-17-14/h3-8,11,17H,1-2,9-10H2. The number of fused-ring (bicyclic) bond motifs is 1. The van der Waals surface area contributed by atoms with E-state index in [1.165, 1.54) is 18.2 Å². The first-order valence-electron chi connectivity index (χ1n) is 7.05. The van der Waals surface area contributed by atoms with Crippen molar-refractivity contribution in [1.82, 2.24) is 15.0 Å². The van der Waals surface area contributed by atoms with E-state index in [0.717, 1.165) is 35.7 Å². The Morgan fingerprint density at radius 1 is 1.00 bits per heavy atom. The van der Waals surface area contributed by atoms with Gasteiger partial charge in [0.2, 0.25) is 0 Å². The van der Waals surface area contributed by atoms with Crippen molar-refractivity contribution in [2.45, 2.75) is 12.8 Å². The van der Waals surface area contributed by atoms with E-state index in [-0.39, 0.29) is 0 Å². The number of nitrogens with zero attached hydrogens (tertiary/aromatic N) is 3. The lowest BCUT2D eigenvalue weighted by molar-refractivity contribution is 0.929. The molecule has 1 aliphatic rings. The lowest BCUT2D eigenvalue weighted by Gasteiger charge is -2.19. The summed E-state index contributed by atoms with van der Waals surface area (Å²) in [6.45, 7) is 2.16. The zero-order valence-electron chi connectivity index (χ0n) is 11.2. The summed E-state index contributed by atoms with van der Waals surface area (Å²) in [5.41, 5.74) is 3.27. The van der Waals surface area contributed by atoms with Gasteiger partial charge in [-0.25, -0.2) is 4.98 Å². The quantitative estimate of drug-likeness (QED) is 0.773. The zero-order chi connectivity index (χ0) is 13.4. The fraction of sp³-hybridized carbons (Fsp3) is 0.250. The van der Waals surface area contributed by atoms with E-state index in [0.29, 0.717) is 0 Å². The summed E-state index contributed by atoms with van der Waals surface area (Å²) in [4.78, 5) is 14.7. The average molecular weight is 264 g/mol. The van der Waals surface area contributed by atoms with Gasteiger partial charge < -0.3 is 9.88 Å². The molecule has 0 spiro atoms. The molecular formula is C16H16N4. The molecule has 20 heavy (non-hydrogen) atoms. The van der Waals surface area contributed by atoms with Crippen LogP contribution in [0.2, 0.25) is 0 Å². The highest BCUT2D eigenvalue weighted by Crippen LogP contribution is 2.30. The molecule has 3 aromatic rings. The van der Waals surface area contributed by atoms with Crippen LogP contribution in [0.1, 0.15) is 12.8 Å². The maximum Gasteiger partial charge on any atom is 0.155 e. The molecule has 1 aromatic carbocycles. The average Bonchev–Trinajstić information content (AvgIpc) is 3.18. The highest BCUT2D eigenvalue weighted by molar-refractivity contribution is 5.86. The predicted octanol–water partition coefficient (Wildman–Crippen LogP) is 3.23. The van der Waals surface area contributed by atoms with Crippen LogP contribution in [0.4, 0.5) is 5.82 Å². The zero-order valence-corrected chi connectivity index (χ0v) is 11.2. The van der Waals surface area contributed by atoms with Crippen LogP contribution >= 0.6 is 0 Å². The largest absolute Gasteiger partial charge is 0.361 e. The van der Waals surface area contributed by atoms with E-state index in [2.05, 4.69) is 44.1 Å². The first kappa shape index (κ1) is 11.5. The molecule has 0 saturated carbocycles. The first-order chi connectivity index (χ1) is 9.92. The van der Waals surface area contributed by atoms with Crippen LogP contribution in [0.15, 0.2) is 42.9 Å². The first-order valence-corrected chi connectivity index (χ1v) is 7.05. The van der Waals surface area contributed by atoms with Crippen molar-refractivity contribution in [3.63, 3.8) is 0 Å². The summed E-state index contributed by atoms with van der Waals surface area (Å²) in [5.74, 6) is 1.01. The third-order valence-electron chi connectivity index (χ3n) is 3.91. The minimum Gasteiger partial charge on any atom is -0.361 e. The molecule has 3 heterocycles. The summed E-state index contributed by atoms with van der Waals surface area (Å²) < 4.78 is 0. The van der Waals surface area contributed by atoms with E-state index in [1.54, 1.807) is 12.4 Å². The smallest absolute Gasteiger partial charge is 0.155 e. The Hall–Kier alpha value is -2.36. The Morgan fingerprint density at radius 2 is 1.85 bits per heavy atom. The normalized spacial score (nSPS) is 15.1. The molecule has 0 aliphatic carbocycles. The van der Waals surface area contributed by atoms with Crippen molar-refractivity contribution in [3.05, 3.63) is 42.9 Å². The lowest BCUT2D eigenvalue weighted by atomic mass is 10.1. The third-order valence-corrected chi connectivity index (χ3v) is 3.91. The number of anilines is 1. The van der Waals surface area contributed by atoms with Crippen LogP contribution in [-0.4, -0.2) is 28.0 Å². The lowest BCUT2D eigenvalue weighted by Crippen LogP contribution is -2.20. The van der Waals surface area contributed by atoms with E-state index in [9.17, 15) is 0 Å². The van der Waals surface area contributed by atoms with Crippen molar-refractivity contribution < 1.29 is 0 Å². The Balaban J connectivity index is 1.84. The SMILES string of the molecule is c1cnc(N2CCCC2)c(-c2ccc3[nH]ccc3c2)n1. The summed E-state index contributed by atoms with van der Waals surface area (Å²) in [6, 6.07) is 8.48. The van der Waals surface area contributed by atoms with E-state index >= 15 is 0 Å². The number of aromatic amines is 1. The summed E-state index contributed by atoms with van der Waals surface area (Å²) >= 11 is 0. The molecule has 1 aliphatic heterocycles. The number of aromatic nitrogens is 3. The highest BCUT2D eigenvalue weighted by atomic mass is 15.2. The molecule has 0 unspecified atom stereocenters. The van der Waals surface area contributed by atoms with Crippen LogP contribution in [0.3, 0.4) is 0 Å². The minimum atomic E-state index is 0.984. The molecule has 0 radical (unpaired) electrons. The van der Waals surface area contributed by atoms with Gasteiger partial charge in [0.25, 0.3) is 0 Å². The molecule has 4 rings (SSSR count). The molecule has 4 nitrogen and oxygen atoms in total. The molecule has 0 atom stereocenters. The molecule has 0 amide bonds.